The van der Waals surface area contributed by atoms with E-state index in [1.807, 2.05) is 13.8 Å². The molecule has 3 rings (SSSR count). The molecule has 0 fully saturated rings. The summed E-state index contributed by atoms with van der Waals surface area (Å²) in [5.74, 6) is 0.548. The van der Waals surface area contributed by atoms with Crippen LogP contribution in [0, 0.1) is 6.92 Å². The predicted octanol–water partition coefficient (Wildman–Crippen LogP) is 4.97. The molecule has 0 aliphatic rings. The molecule has 2 amide bonds. The van der Waals surface area contributed by atoms with Gasteiger partial charge >= 0.3 is 0 Å². The van der Waals surface area contributed by atoms with Crippen molar-refractivity contribution in [1.29, 1.82) is 0 Å². The van der Waals surface area contributed by atoms with E-state index < -0.39 is 6.10 Å². The van der Waals surface area contributed by atoms with Gasteiger partial charge in [0, 0.05) is 5.02 Å². The lowest BCUT2D eigenvalue weighted by Gasteiger charge is -2.19. The third-order valence-electron chi connectivity index (χ3n) is 4.50. The van der Waals surface area contributed by atoms with Crippen LogP contribution in [0.5, 0.6) is 5.75 Å². The minimum absolute atomic E-state index is 0.255. The number of benzene rings is 2. The zero-order chi connectivity index (χ0) is 21.5. The highest BCUT2D eigenvalue weighted by molar-refractivity contribution is 6.31. The van der Waals surface area contributed by atoms with Crippen LogP contribution in [0.2, 0.25) is 5.02 Å². The maximum atomic E-state index is 12.8. The molecule has 2 aromatic carbocycles. The molecule has 0 aliphatic heterocycles. The quantitative estimate of drug-likeness (QED) is 0.533. The lowest BCUT2D eigenvalue weighted by atomic mass is 10.1. The summed E-state index contributed by atoms with van der Waals surface area (Å²) >= 11 is 6.05. The van der Waals surface area contributed by atoms with Crippen LogP contribution in [-0.2, 0) is 11.3 Å². The molecule has 1 unspecified atom stereocenters. The van der Waals surface area contributed by atoms with Crippen molar-refractivity contribution >= 4 is 29.1 Å². The summed E-state index contributed by atoms with van der Waals surface area (Å²) in [6.07, 6.45) is 1.29. The molecule has 7 heteroatoms. The smallest absolute Gasteiger partial charge is 0.265 e. The Bertz CT molecular complexity index is 1020. The number of rotatable bonds is 8. The van der Waals surface area contributed by atoms with Gasteiger partial charge in [0.2, 0.25) is 0 Å². The van der Waals surface area contributed by atoms with Crippen LogP contribution in [0.25, 0.3) is 0 Å². The first kappa shape index (κ1) is 21.5. The van der Waals surface area contributed by atoms with Crippen LogP contribution in [0.15, 0.2) is 65.3 Å². The van der Waals surface area contributed by atoms with E-state index in [-0.39, 0.29) is 18.4 Å². The second-order valence-corrected chi connectivity index (χ2v) is 7.13. The molecule has 0 spiro atoms. The fourth-order valence-corrected chi connectivity index (χ4v) is 2.97. The second kappa shape index (κ2) is 9.98. The highest BCUT2D eigenvalue weighted by atomic mass is 35.5. The number of furan rings is 1. The molecular formula is C23H23ClN2O4. The maximum Gasteiger partial charge on any atom is 0.265 e. The van der Waals surface area contributed by atoms with Gasteiger partial charge in [-0.1, -0.05) is 30.7 Å². The molecule has 1 heterocycles. The molecule has 1 aromatic heterocycles. The topological polar surface area (TPSA) is 80.6 Å². The Balaban J connectivity index is 1.68. The van der Waals surface area contributed by atoms with Gasteiger partial charge in [-0.3, -0.25) is 9.59 Å². The number of anilines is 1. The van der Waals surface area contributed by atoms with Gasteiger partial charge in [-0.2, -0.15) is 0 Å². The Labute approximate surface area is 180 Å². The number of carbonyl (C=O) groups is 2. The van der Waals surface area contributed by atoms with Gasteiger partial charge in [-0.05, 0) is 61.4 Å². The maximum absolute atomic E-state index is 12.8. The average molecular weight is 427 g/mol. The number of halogens is 1. The van der Waals surface area contributed by atoms with E-state index in [4.69, 9.17) is 20.8 Å². The van der Waals surface area contributed by atoms with E-state index in [9.17, 15) is 9.59 Å². The summed E-state index contributed by atoms with van der Waals surface area (Å²) < 4.78 is 11.1. The van der Waals surface area contributed by atoms with Gasteiger partial charge in [0.15, 0.2) is 6.10 Å². The van der Waals surface area contributed by atoms with Crippen molar-refractivity contribution in [3.05, 3.63) is 82.8 Å². The third-order valence-corrected chi connectivity index (χ3v) is 4.93. The van der Waals surface area contributed by atoms with Gasteiger partial charge in [-0.15, -0.1) is 0 Å². The Morgan fingerprint density at radius 3 is 2.63 bits per heavy atom. The van der Waals surface area contributed by atoms with Gasteiger partial charge < -0.3 is 19.8 Å². The molecule has 0 saturated heterocycles. The fraction of sp³-hybridized carbons (Fsp3) is 0.217. The minimum atomic E-state index is -0.718. The normalized spacial score (nSPS) is 11.6. The van der Waals surface area contributed by atoms with E-state index in [1.54, 1.807) is 60.9 Å². The summed E-state index contributed by atoms with van der Waals surface area (Å²) in [4.78, 5) is 25.4. The third kappa shape index (κ3) is 5.42. The largest absolute Gasteiger partial charge is 0.481 e. The minimum Gasteiger partial charge on any atom is -0.481 e. The van der Waals surface area contributed by atoms with Crippen molar-refractivity contribution in [2.45, 2.75) is 32.9 Å². The van der Waals surface area contributed by atoms with E-state index in [2.05, 4.69) is 10.6 Å². The molecule has 156 valence electrons. The number of ether oxygens (including phenoxy) is 1. The van der Waals surface area contributed by atoms with Gasteiger partial charge in [0.25, 0.3) is 11.8 Å². The SMILES string of the molecule is CCC(Oc1ccc(Cl)c(C)c1)C(=O)Nc1ccccc1C(=O)NCc1ccco1. The lowest BCUT2D eigenvalue weighted by molar-refractivity contribution is -0.122. The number of hydrogen-bond acceptors (Lipinski definition) is 4. The monoisotopic (exact) mass is 426 g/mol. The van der Waals surface area contributed by atoms with Gasteiger partial charge in [0.1, 0.15) is 11.5 Å². The Hall–Kier alpha value is -3.25. The number of nitrogens with one attached hydrogen (secondary N) is 2. The molecule has 3 aromatic rings. The predicted molar refractivity (Wildman–Crippen MR) is 116 cm³/mol. The van der Waals surface area contributed by atoms with E-state index in [1.165, 1.54) is 0 Å². The summed E-state index contributed by atoms with van der Waals surface area (Å²) in [6.45, 7) is 3.98. The molecule has 6 nitrogen and oxygen atoms in total. The molecule has 1 atom stereocenters. The standard InChI is InChI=1S/C23H23ClN2O4/c1-3-21(30-16-10-11-19(24)15(2)13-16)23(28)26-20-9-5-4-8-18(20)22(27)25-14-17-7-6-12-29-17/h4-13,21H,3,14H2,1-2H3,(H,25,27)(H,26,28). The van der Waals surface area contributed by atoms with E-state index >= 15 is 0 Å². The lowest BCUT2D eigenvalue weighted by Crippen LogP contribution is -2.33. The summed E-state index contributed by atoms with van der Waals surface area (Å²) in [5, 5.41) is 6.22. The average Bonchev–Trinajstić information content (AvgIpc) is 3.26. The summed E-state index contributed by atoms with van der Waals surface area (Å²) in [5.41, 5.74) is 1.63. The van der Waals surface area contributed by atoms with Crippen molar-refractivity contribution in [1.82, 2.24) is 5.32 Å². The Morgan fingerprint density at radius 1 is 1.13 bits per heavy atom. The highest BCUT2D eigenvalue weighted by Crippen LogP contribution is 2.23. The molecule has 0 radical (unpaired) electrons. The number of hydrogen-bond donors (Lipinski definition) is 2. The first-order valence-electron chi connectivity index (χ1n) is 9.61. The van der Waals surface area contributed by atoms with Crippen molar-refractivity contribution in [2.24, 2.45) is 0 Å². The molecule has 2 N–H and O–H groups in total. The van der Waals surface area contributed by atoms with Crippen LogP contribution in [0.3, 0.4) is 0 Å². The number of carbonyl (C=O) groups excluding carboxylic acids is 2. The molecule has 0 bridgehead atoms. The Kier molecular flexibility index (Phi) is 7.14. The molecular weight excluding hydrogens is 404 g/mol. The highest BCUT2D eigenvalue weighted by Gasteiger charge is 2.21. The van der Waals surface area contributed by atoms with E-state index in [0.29, 0.717) is 34.2 Å². The first-order valence-corrected chi connectivity index (χ1v) is 9.99. The van der Waals surface area contributed by atoms with Crippen molar-refractivity contribution < 1.29 is 18.7 Å². The summed E-state index contributed by atoms with van der Waals surface area (Å²) in [7, 11) is 0. The van der Waals surface area contributed by atoms with Crippen LogP contribution in [0.1, 0.15) is 35.0 Å². The van der Waals surface area contributed by atoms with Crippen LogP contribution < -0.4 is 15.4 Å². The Morgan fingerprint density at radius 2 is 1.93 bits per heavy atom. The molecule has 0 aliphatic carbocycles. The first-order chi connectivity index (χ1) is 14.5. The van der Waals surface area contributed by atoms with Crippen LogP contribution in [-0.4, -0.2) is 17.9 Å². The van der Waals surface area contributed by atoms with Crippen molar-refractivity contribution in [3.63, 3.8) is 0 Å². The number of amides is 2. The summed E-state index contributed by atoms with van der Waals surface area (Å²) in [6, 6.07) is 15.6. The zero-order valence-corrected chi connectivity index (χ0v) is 17.5. The van der Waals surface area contributed by atoms with Gasteiger partial charge in [0.05, 0.1) is 24.1 Å². The van der Waals surface area contributed by atoms with Gasteiger partial charge in [-0.25, -0.2) is 0 Å². The molecule has 0 saturated carbocycles. The second-order valence-electron chi connectivity index (χ2n) is 6.72. The van der Waals surface area contributed by atoms with E-state index in [0.717, 1.165) is 5.56 Å². The van der Waals surface area contributed by atoms with Crippen molar-refractivity contribution in [2.75, 3.05) is 5.32 Å². The van der Waals surface area contributed by atoms with Crippen molar-refractivity contribution in [3.8, 4) is 5.75 Å². The fourth-order valence-electron chi connectivity index (χ4n) is 2.86. The number of aryl methyl sites for hydroxylation is 1. The number of para-hydroxylation sites is 1. The molecule has 30 heavy (non-hydrogen) atoms. The zero-order valence-electron chi connectivity index (χ0n) is 16.8. The van der Waals surface area contributed by atoms with Crippen LogP contribution >= 0.6 is 11.6 Å². The van der Waals surface area contributed by atoms with Crippen LogP contribution in [0.4, 0.5) is 5.69 Å².